The molecule has 2 aromatic heterocycles. The Labute approximate surface area is 179 Å². The van der Waals surface area contributed by atoms with Crippen molar-refractivity contribution in [1.82, 2.24) is 9.97 Å². The van der Waals surface area contributed by atoms with E-state index in [-0.39, 0.29) is 11.9 Å². The van der Waals surface area contributed by atoms with Crippen LogP contribution in [-0.2, 0) is 0 Å². The summed E-state index contributed by atoms with van der Waals surface area (Å²) >= 11 is 0. The maximum Gasteiger partial charge on any atom is 0.272 e. The fraction of sp³-hybridized carbons (Fsp3) is 0.174. The summed E-state index contributed by atoms with van der Waals surface area (Å²) in [4.78, 5) is 19.1. The van der Waals surface area contributed by atoms with Crippen molar-refractivity contribution < 1.29 is 4.79 Å². The Bertz CT molecular complexity index is 1310. The molecular formula is C23H25N7O. The highest BCUT2D eigenvalue weighted by atomic mass is 16.1. The Hall–Kier alpha value is -4.07. The summed E-state index contributed by atoms with van der Waals surface area (Å²) in [5.74, 6) is 0.0916. The van der Waals surface area contributed by atoms with E-state index in [9.17, 15) is 4.79 Å². The predicted octanol–water partition coefficient (Wildman–Crippen LogP) is 3.93. The average molecular weight is 416 g/mol. The van der Waals surface area contributed by atoms with Crippen LogP contribution in [0.2, 0.25) is 0 Å². The van der Waals surface area contributed by atoms with Crippen LogP contribution in [0.1, 0.15) is 36.3 Å². The van der Waals surface area contributed by atoms with E-state index in [4.69, 9.17) is 11.5 Å². The topological polar surface area (TPSA) is 137 Å². The van der Waals surface area contributed by atoms with Crippen LogP contribution < -0.4 is 16.8 Å². The van der Waals surface area contributed by atoms with Crippen molar-refractivity contribution in [3.8, 4) is 0 Å². The highest BCUT2D eigenvalue weighted by Gasteiger charge is 2.13. The Morgan fingerprint density at radius 3 is 2.61 bits per heavy atom. The molecule has 0 spiro atoms. The lowest BCUT2D eigenvalue weighted by molar-refractivity contribution is 0.102. The van der Waals surface area contributed by atoms with E-state index in [2.05, 4.69) is 39.3 Å². The molecule has 4 aromatic rings. The van der Waals surface area contributed by atoms with E-state index >= 15 is 0 Å². The molecule has 8 heteroatoms. The number of nitrogens with zero attached hydrogens (tertiary/aromatic N) is 2. The molecule has 0 aliphatic carbocycles. The molecule has 0 saturated heterocycles. The predicted molar refractivity (Wildman–Crippen MR) is 126 cm³/mol. The third kappa shape index (κ3) is 4.58. The smallest absolute Gasteiger partial charge is 0.272 e. The summed E-state index contributed by atoms with van der Waals surface area (Å²) in [6.07, 6.45) is 2.59. The molecule has 31 heavy (non-hydrogen) atoms. The largest absolute Gasteiger partial charge is 0.369 e. The summed E-state index contributed by atoms with van der Waals surface area (Å²) < 4.78 is 0. The number of amides is 1. The van der Waals surface area contributed by atoms with Gasteiger partial charge in [-0.2, -0.15) is 5.10 Å². The Morgan fingerprint density at radius 1 is 1.00 bits per heavy atom. The summed E-state index contributed by atoms with van der Waals surface area (Å²) in [7, 11) is 0. The van der Waals surface area contributed by atoms with Crippen LogP contribution >= 0.6 is 0 Å². The number of fused-ring (bicyclic) bond motifs is 2. The lowest BCUT2D eigenvalue weighted by Gasteiger charge is -2.08. The molecule has 0 saturated carbocycles. The molecule has 2 aromatic carbocycles. The van der Waals surface area contributed by atoms with Crippen LogP contribution in [0, 0.1) is 5.92 Å². The van der Waals surface area contributed by atoms with Crippen molar-refractivity contribution in [1.29, 1.82) is 0 Å². The molecule has 0 unspecified atom stereocenters. The van der Waals surface area contributed by atoms with E-state index < -0.39 is 0 Å². The second-order valence-corrected chi connectivity index (χ2v) is 7.89. The first kappa shape index (κ1) is 20.2. The van der Waals surface area contributed by atoms with Crippen molar-refractivity contribution >= 4 is 45.1 Å². The molecule has 8 nitrogen and oxygen atoms in total. The summed E-state index contributed by atoms with van der Waals surface area (Å²) in [5.41, 5.74) is 15.6. The van der Waals surface area contributed by atoms with E-state index in [0.29, 0.717) is 11.6 Å². The van der Waals surface area contributed by atoms with Crippen LogP contribution in [0.15, 0.2) is 64.9 Å². The third-order valence-electron chi connectivity index (χ3n) is 4.90. The van der Waals surface area contributed by atoms with Gasteiger partial charge in [-0.05, 0) is 59.7 Å². The standard InChI is InChI=1S/C23H25N7O/c1-13(2)9-20(29-30-23(24)25)15-4-6-18-16(10-15)11-21(28-18)22(31)27-17-5-3-14-7-8-26-19(14)12-17/h3-8,10-13,26,28H,9H2,1-2H3,(H,27,31)(H4,24,25,30)/b29-20-. The molecule has 0 bridgehead atoms. The number of guanidine groups is 1. The van der Waals surface area contributed by atoms with Gasteiger partial charge in [0.15, 0.2) is 0 Å². The number of anilines is 1. The number of H-pyrrole nitrogens is 2. The van der Waals surface area contributed by atoms with Crippen LogP contribution in [0.5, 0.6) is 0 Å². The fourth-order valence-corrected chi connectivity index (χ4v) is 3.48. The highest BCUT2D eigenvalue weighted by Crippen LogP contribution is 2.22. The second kappa shape index (κ2) is 8.35. The van der Waals surface area contributed by atoms with Crippen LogP contribution in [0.4, 0.5) is 5.69 Å². The number of carbonyl (C=O) groups excluding carboxylic acids is 1. The number of aromatic amines is 2. The molecular weight excluding hydrogens is 390 g/mol. The van der Waals surface area contributed by atoms with Gasteiger partial charge in [-0.1, -0.05) is 26.0 Å². The first-order valence-corrected chi connectivity index (χ1v) is 10.1. The normalized spacial score (nSPS) is 11.9. The highest BCUT2D eigenvalue weighted by molar-refractivity contribution is 6.08. The molecule has 7 N–H and O–H groups in total. The van der Waals surface area contributed by atoms with Crippen LogP contribution in [0.3, 0.4) is 0 Å². The van der Waals surface area contributed by atoms with Gasteiger partial charge in [0.05, 0.1) is 5.71 Å². The van der Waals surface area contributed by atoms with Gasteiger partial charge < -0.3 is 26.8 Å². The Kier molecular flexibility index (Phi) is 5.44. The summed E-state index contributed by atoms with van der Waals surface area (Å²) in [6.45, 7) is 4.21. The zero-order valence-electron chi connectivity index (χ0n) is 17.4. The fourth-order valence-electron chi connectivity index (χ4n) is 3.48. The number of benzene rings is 2. The number of aromatic nitrogens is 2. The van der Waals surface area contributed by atoms with Gasteiger partial charge in [0.25, 0.3) is 5.91 Å². The maximum absolute atomic E-state index is 12.8. The van der Waals surface area contributed by atoms with Crippen molar-refractivity contribution in [2.75, 3.05) is 5.32 Å². The van der Waals surface area contributed by atoms with Gasteiger partial charge in [-0.25, -0.2) is 0 Å². The first-order chi connectivity index (χ1) is 14.9. The van der Waals surface area contributed by atoms with Crippen molar-refractivity contribution in [2.45, 2.75) is 20.3 Å². The number of carbonyl (C=O) groups is 1. The van der Waals surface area contributed by atoms with E-state index in [0.717, 1.165) is 45.2 Å². The number of rotatable bonds is 6. The number of nitrogens with two attached hydrogens (primary N) is 2. The molecule has 0 fully saturated rings. The quantitative estimate of drug-likeness (QED) is 0.185. The Morgan fingerprint density at radius 2 is 1.84 bits per heavy atom. The lowest BCUT2D eigenvalue weighted by Crippen LogP contribution is -2.22. The summed E-state index contributed by atoms with van der Waals surface area (Å²) in [6, 6.07) is 15.4. The minimum atomic E-state index is -0.208. The molecule has 0 aliphatic heterocycles. The molecule has 158 valence electrons. The SMILES string of the molecule is CC(C)C/C(=N/N=C(N)N)c1ccc2[nH]c(C(=O)Nc3ccc4cc[nH]c4c3)cc2c1. The zero-order valence-corrected chi connectivity index (χ0v) is 17.4. The third-order valence-corrected chi connectivity index (χ3v) is 4.90. The molecule has 0 aliphatic rings. The molecule has 2 heterocycles. The van der Waals surface area contributed by atoms with Gasteiger partial charge in [-0.3, -0.25) is 4.79 Å². The van der Waals surface area contributed by atoms with Crippen molar-refractivity contribution in [3.05, 3.63) is 66.0 Å². The molecule has 0 atom stereocenters. The summed E-state index contributed by atoms with van der Waals surface area (Å²) in [5, 5.41) is 13.0. The Balaban J connectivity index is 1.60. The number of hydrogen-bond acceptors (Lipinski definition) is 3. The monoisotopic (exact) mass is 415 g/mol. The number of hydrogen-bond donors (Lipinski definition) is 5. The molecule has 0 radical (unpaired) electrons. The van der Waals surface area contributed by atoms with Gasteiger partial charge >= 0.3 is 0 Å². The zero-order chi connectivity index (χ0) is 22.0. The minimum absolute atomic E-state index is 0.0829. The van der Waals surface area contributed by atoms with Gasteiger partial charge in [0.1, 0.15) is 5.69 Å². The number of nitrogens with one attached hydrogen (secondary N) is 3. The van der Waals surface area contributed by atoms with Gasteiger partial charge in [0, 0.05) is 28.3 Å². The maximum atomic E-state index is 12.8. The van der Waals surface area contributed by atoms with E-state index in [1.165, 1.54) is 0 Å². The van der Waals surface area contributed by atoms with E-state index in [1.807, 2.05) is 54.7 Å². The average Bonchev–Trinajstić information content (AvgIpc) is 3.36. The molecule has 4 rings (SSSR count). The molecule has 1 amide bonds. The first-order valence-electron chi connectivity index (χ1n) is 10.1. The second-order valence-electron chi connectivity index (χ2n) is 7.89. The minimum Gasteiger partial charge on any atom is -0.369 e. The van der Waals surface area contributed by atoms with Crippen molar-refractivity contribution in [3.63, 3.8) is 0 Å². The lowest BCUT2D eigenvalue weighted by atomic mass is 9.99. The van der Waals surface area contributed by atoms with Crippen LogP contribution in [-0.4, -0.2) is 27.5 Å². The van der Waals surface area contributed by atoms with Gasteiger partial charge in [-0.15, -0.1) is 5.10 Å². The van der Waals surface area contributed by atoms with Crippen molar-refractivity contribution in [2.24, 2.45) is 27.6 Å². The van der Waals surface area contributed by atoms with E-state index in [1.54, 1.807) is 0 Å². The van der Waals surface area contributed by atoms with Gasteiger partial charge in [0.2, 0.25) is 5.96 Å². The van der Waals surface area contributed by atoms with Crippen LogP contribution in [0.25, 0.3) is 21.8 Å².